The molecule has 2 amide bonds. The van der Waals surface area contributed by atoms with Gasteiger partial charge >= 0.3 is 6.18 Å². The number of imide groups is 1. The molecule has 1 aromatic carbocycles. The minimum atomic E-state index is -4.77. The zero-order valence-electron chi connectivity index (χ0n) is 28.3. The van der Waals surface area contributed by atoms with Crippen molar-refractivity contribution >= 4 is 50.8 Å². The van der Waals surface area contributed by atoms with Crippen molar-refractivity contribution in [2.24, 2.45) is 0 Å². The van der Waals surface area contributed by atoms with Crippen molar-refractivity contribution in [3.63, 3.8) is 0 Å². The van der Waals surface area contributed by atoms with Crippen LogP contribution in [0.4, 0.5) is 42.1 Å². The van der Waals surface area contributed by atoms with Crippen LogP contribution in [0.1, 0.15) is 41.1 Å². The maximum absolute atomic E-state index is 13.9. The number of aromatic nitrogens is 5. The fourth-order valence-electron chi connectivity index (χ4n) is 5.96. The number of hydrogen-bond acceptors (Lipinski definition) is 13. The van der Waals surface area contributed by atoms with Crippen molar-refractivity contribution in [1.82, 2.24) is 35.1 Å². The number of anilines is 5. The van der Waals surface area contributed by atoms with Crippen LogP contribution in [0.3, 0.4) is 0 Å². The van der Waals surface area contributed by atoms with Crippen molar-refractivity contribution in [2.45, 2.75) is 38.0 Å². The van der Waals surface area contributed by atoms with E-state index in [4.69, 9.17) is 0 Å². The number of hydrogen-bond donors (Lipinski definition) is 3. The Bertz CT molecular complexity index is 2040. The number of alkyl halides is 3. The van der Waals surface area contributed by atoms with Crippen LogP contribution in [0.5, 0.6) is 0 Å². The maximum atomic E-state index is 13.9. The summed E-state index contributed by atoms with van der Waals surface area (Å²) in [5.74, 6) is -1.55. The predicted molar refractivity (Wildman–Crippen MR) is 186 cm³/mol. The molecule has 52 heavy (non-hydrogen) atoms. The van der Waals surface area contributed by atoms with Crippen molar-refractivity contribution in [3.8, 4) is 0 Å². The Balaban J connectivity index is 1.06. The molecule has 5 heterocycles. The van der Waals surface area contributed by atoms with Gasteiger partial charge in [0.2, 0.25) is 27.8 Å². The molecule has 0 radical (unpaired) electrons. The summed E-state index contributed by atoms with van der Waals surface area (Å²) in [7, 11) is -2.43. The Morgan fingerprint density at radius 1 is 1.00 bits per heavy atom. The molecule has 6 rings (SSSR count). The second-order valence-corrected chi connectivity index (χ2v) is 14.4. The van der Waals surface area contributed by atoms with Gasteiger partial charge in [0, 0.05) is 88.6 Å². The van der Waals surface area contributed by atoms with E-state index in [0.29, 0.717) is 31.3 Å². The first-order chi connectivity index (χ1) is 24.7. The molecule has 3 aromatic heterocycles. The minimum Gasteiger partial charge on any atom is -0.369 e. The van der Waals surface area contributed by atoms with Crippen molar-refractivity contribution in [3.05, 3.63) is 83.7 Å². The molecule has 2 aliphatic rings. The number of piperazine rings is 1. The van der Waals surface area contributed by atoms with E-state index < -0.39 is 27.6 Å². The number of carbonyl (C=O) groups is 2. The molecule has 2 aliphatic heterocycles. The number of piperidine rings is 1. The molecule has 4 aromatic rings. The molecule has 0 bridgehead atoms. The first kappa shape index (κ1) is 36.4. The standard InChI is InChI=1S/C33H36F3N11O4S/c1-45(52(2,50)51)30-27(38-9-10-39-30)19-40-29-26(33(34,35)36)18-41-32(44-29)42-23-3-5-24(6-4-23)47-13-11-46(12-14-47)20-21-15-22(17-37-16-21)25-7-8-28(48)43-31(25)49/h3-6,9-10,15-18,25H,7-8,11-14,19-20H2,1-2H3,(H,43,48,49)(H2,40,41,42,44). The summed E-state index contributed by atoms with van der Waals surface area (Å²) in [5.41, 5.74) is 2.33. The highest BCUT2D eigenvalue weighted by atomic mass is 32.2. The van der Waals surface area contributed by atoms with E-state index in [2.05, 4.69) is 50.7 Å². The van der Waals surface area contributed by atoms with E-state index in [0.717, 1.165) is 53.6 Å². The van der Waals surface area contributed by atoms with Gasteiger partial charge in [-0.05, 0) is 41.8 Å². The molecule has 0 aliphatic carbocycles. The molecule has 274 valence electrons. The highest BCUT2D eigenvalue weighted by Crippen LogP contribution is 2.35. The van der Waals surface area contributed by atoms with Crippen LogP contribution in [-0.4, -0.2) is 89.5 Å². The van der Waals surface area contributed by atoms with E-state index in [1.54, 1.807) is 24.5 Å². The lowest BCUT2D eigenvalue weighted by Crippen LogP contribution is -2.46. The lowest BCUT2D eigenvalue weighted by molar-refractivity contribution is -0.137. The summed E-state index contributed by atoms with van der Waals surface area (Å²) in [4.78, 5) is 48.8. The van der Waals surface area contributed by atoms with Gasteiger partial charge in [0.15, 0.2) is 5.82 Å². The number of nitrogens with one attached hydrogen (secondary N) is 3. The quantitative estimate of drug-likeness (QED) is 0.191. The highest BCUT2D eigenvalue weighted by Gasteiger charge is 2.35. The van der Waals surface area contributed by atoms with Gasteiger partial charge in [-0.15, -0.1) is 0 Å². The first-order valence-electron chi connectivity index (χ1n) is 16.3. The molecule has 0 spiro atoms. The summed E-state index contributed by atoms with van der Waals surface area (Å²) in [6, 6.07) is 9.37. The number of carbonyl (C=O) groups excluding carboxylic acids is 2. The number of nitrogens with zero attached hydrogens (tertiary/aromatic N) is 8. The molecule has 3 N–H and O–H groups in total. The van der Waals surface area contributed by atoms with Gasteiger partial charge in [-0.2, -0.15) is 18.2 Å². The largest absolute Gasteiger partial charge is 0.421 e. The highest BCUT2D eigenvalue weighted by molar-refractivity contribution is 7.92. The fraction of sp³-hybridized carbons (Fsp3) is 0.364. The summed E-state index contributed by atoms with van der Waals surface area (Å²) in [6.07, 6.45) is 3.73. The fourth-order valence-corrected chi connectivity index (χ4v) is 6.43. The van der Waals surface area contributed by atoms with Gasteiger partial charge in [-0.3, -0.25) is 34.1 Å². The van der Waals surface area contributed by atoms with E-state index >= 15 is 0 Å². The number of pyridine rings is 1. The Morgan fingerprint density at radius 2 is 1.73 bits per heavy atom. The number of rotatable bonds is 11. The van der Waals surface area contributed by atoms with Crippen LogP contribution in [0, 0.1) is 0 Å². The van der Waals surface area contributed by atoms with Gasteiger partial charge in [0.05, 0.1) is 18.7 Å². The van der Waals surface area contributed by atoms with Crippen molar-refractivity contribution < 1.29 is 31.2 Å². The summed E-state index contributed by atoms with van der Waals surface area (Å²) in [6.45, 7) is 3.48. The van der Waals surface area contributed by atoms with Crippen LogP contribution < -0.4 is 25.2 Å². The second-order valence-electron chi connectivity index (χ2n) is 12.4. The summed E-state index contributed by atoms with van der Waals surface area (Å²) in [5, 5.41) is 7.97. The van der Waals surface area contributed by atoms with Gasteiger partial charge < -0.3 is 15.5 Å². The molecule has 2 fully saturated rings. The van der Waals surface area contributed by atoms with Crippen LogP contribution in [0.25, 0.3) is 0 Å². The maximum Gasteiger partial charge on any atom is 0.421 e. The van der Waals surface area contributed by atoms with E-state index in [1.807, 2.05) is 18.2 Å². The van der Waals surface area contributed by atoms with Gasteiger partial charge in [0.25, 0.3) is 0 Å². The van der Waals surface area contributed by atoms with Crippen molar-refractivity contribution in [2.75, 3.05) is 59.3 Å². The molecule has 1 atom stereocenters. The Morgan fingerprint density at radius 3 is 2.42 bits per heavy atom. The molecular formula is C33H36F3N11O4S. The predicted octanol–water partition coefficient (Wildman–Crippen LogP) is 3.27. The lowest BCUT2D eigenvalue weighted by atomic mass is 9.91. The number of sulfonamides is 1. The van der Waals surface area contributed by atoms with E-state index in [-0.39, 0.29) is 41.7 Å². The average molecular weight is 740 g/mol. The van der Waals surface area contributed by atoms with Crippen LogP contribution in [0.2, 0.25) is 0 Å². The monoisotopic (exact) mass is 739 g/mol. The van der Waals surface area contributed by atoms with E-state index in [1.165, 1.54) is 19.4 Å². The third-order valence-electron chi connectivity index (χ3n) is 8.79. The van der Waals surface area contributed by atoms with Gasteiger partial charge in [0.1, 0.15) is 17.1 Å². The lowest BCUT2D eigenvalue weighted by Gasteiger charge is -2.36. The van der Waals surface area contributed by atoms with Crippen LogP contribution >= 0.6 is 0 Å². The van der Waals surface area contributed by atoms with E-state index in [9.17, 15) is 31.2 Å². The normalized spacial score (nSPS) is 17.1. The summed E-state index contributed by atoms with van der Waals surface area (Å²) < 4.78 is 66.6. The van der Waals surface area contributed by atoms with Gasteiger partial charge in [-0.25, -0.2) is 18.4 Å². The third kappa shape index (κ3) is 8.71. The molecule has 15 nitrogen and oxygen atoms in total. The molecular weight excluding hydrogens is 703 g/mol. The van der Waals surface area contributed by atoms with Gasteiger partial charge in [-0.1, -0.05) is 6.07 Å². The first-order valence-corrected chi connectivity index (χ1v) is 18.1. The Hall–Kier alpha value is -5.43. The SMILES string of the molecule is CN(c1nccnc1CNc1nc(Nc2ccc(N3CCN(Cc4cncc(C5CCC(=O)NC5=O)c4)CC3)cc2)ncc1C(F)(F)F)S(C)(=O)=O. The number of benzene rings is 1. The minimum absolute atomic E-state index is 0.0333. The molecule has 2 saturated heterocycles. The zero-order chi connectivity index (χ0) is 37.0. The molecule has 1 unspecified atom stereocenters. The third-order valence-corrected chi connectivity index (χ3v) is 9.96. The zero-order valence-corrected chi connectivity index (χ0v) is 29.1. The molecule has 19 heteroatoms. The molecule has 0 saturated carbocycles. The second kappa shape index (κ2) is 15.0. The number of halogens is 3. The van der Waals surface area contributed by atoms with Crippen LogP contribution in [0.15, 0.2) is 61.3 Å². The summed E-state index contributed by atoms with van der Waals surface area (Å²) >= 11 is 0. The Labute approximate surface area is 297 Å². The smallest absolute Gasteiger partial charge is 0.369 e. The number of amides is 2. The van der Waals surface area contributed by atoms with Crippen LogP contribution in [-0.2, 0) is 38.9 Å². The topological polar surface area (TPSA) is 179 Å². The Kier molecular flexibility index (Phi) is 10.5. The van der Waals surface area contributed by atoms with Crippen molar-refractivity contribution in [1.29, 1.82) is 0 Å². The average Bonchev–Trinajstić information content (AvgIpc) is 3.10.